The lowest BCUT2D eigenvalue weighted by Crippen LogP contribution is -2.33. The molecule has 0 unspecified atom stereocenters. The monoisotopic (exact) mass is 251 g/mol. The molecule has 0 radical (unpaired) electrons. The lowest BCUT2D eigenvalue weighted by Gasteiger charge is -2.14. The van der Waals surface area contributed by atoms with Crippen molar-refractivity contribution >= 4 is 23.4 Å². The normalized spacial score (nSPS) is 39.4. The number of likely N-dealkylation sites (tertiary alicyclic amines) is 1. The Morgan fingerprint density at radius 3 is 2.35 bits per heavy atom. The molecule has 2 aliphatic carbocycles. The van der Waals surface area contributed by atoms with Gasteiger partial charge in [0.15, 0.2) is 0 Å². The maximum atomic E-state index is 12.2. The third kappa shape index (κ3) is 1.48. The van der Waals surface area contributed by atoms with E-state index < -0.39 is 0 Å². The van der Waals surface area contributed by atoms with E-state index in [1.807, 2.05) is 0 Å². The fraction of sp³-hybridized carbons (Fsp3) is 0.538. The van der Waals surface area contributed by atoms with Gasteiger partial charge in [-0.15, -0.1) is 0 Å². The smallest absolute Gasteiger partial charge is 0.234 e. The molecule has 1 aliphatic heterocycles. The van der Waals surface area contributed by atoms with Crippen LogP contribution in [0.4, 0.5) is 0 Å². The van der Waals surface area contributed by atoms with Crippen molar-refractivity contribution in [2.75, 3.05) is 6.54 Å². The Kier molecular flexibility index (Phi) is 2.40. The number of imide groups is 1. The van der Waals surface area contributed by atoms with Crippen molar-refractivity contribution < 1.29 is 9.59 Å². The van der Waals surface area contributed by atoms with Gasteiger partial charge in [-0.2, -0.15) is 0 Å². The molecule has 2 fully saturated rings. The van der Waals surface area contributed by atoms with E-state index in [0.717, 1.165) is 6.42 Å². The predicted molar refractivity (Wildman–Crippen MR) is 64.0 cm³/mol. The van der Waals surface area contributed by atoms with Crippen molar-refractivity contribution in [2.24, 2.45) is 23.7 Å². The maximum absolute atomic E-state index is 12.2. The first-order valence-corrected chi connectivity index (χ1v) is 6.33. The molecule has 2 bridgehead atoms. The Labute approximate surface area is 105 Å². The van der Waals surface area contributed by atoms with Crippen LogP contribution in [0.3, 0.4) is 0 Å². The summed E-state index contributed by atoms with van der Waals surface area (Å²) in [7, 11) is 0. The Morgan fingerprint density at radius 2 is 1.88 bits per heavy atom. The number of hydrogen-bond donors (Lipinski definition) is 0. The van der Waals surface area contributed by atoms with Gasteiger partial charge in [0.25, 0.3) is 0 Å². The summed E-state index contributed by atoms with van der Waals surface area (Å²) in [5.41, 5.74) is 0. The topological polar surface area (TPSA) is 37.4 Å². The van der Waals surface area contributed by atoms with E-state index in [4.69, 9.17) is 11.6 Å². The van der Waals surface area contributed by atoms with Gasteiger partial charge in [-0.1, -0.05) is 29.8 Å². The third-order valence-corrected chi connectivity index (χ3v) is 4.27. The van der Waals surface area contributed by atoms with Crippen LogP contribution >= 0.6 is 11.6 Å². The Balaban J connectivity index is 1.85. The number of halogens is 1. The highest BCUT2D eigenvalue weighted by molar-refractivity contribution is 6.29. The molecule has 3 aliphatic rings. The van der Waals surface area contributed by atoms with Crippen LogP contribution in [0.5, 0.6) is 0 Å². The van der Waals surface area contributed by atoms with Crippen LogP contribution in [0.1, 0.15) is 13.3 Å². The van der Waals surface area contributed by atoms with E-state index in [2.05, 4.69) is 12.2 Å². The van der Waals surface area contributed by atoms with Gasteiger partial charge in [0.2, 0.25) is 11.8 Å². The van der Waals surface area contributed by atoms with Crippen LogP contribution in [0.2, 0.25) is 0 Å². The lowest BCUT2D eigenvalue weighted by atomic mass is 9.85. The zero-order chi connectivity index (χ0) is 12.2. The highest BCUT2D eigenvalue weighted by atomic mass is 35.5. The van der Waals surface area contributed by atoms with Crippen LogP contribution in [0.15, 0.2) is 23.3 Å². The van der Waals surface area contributed by atoms with Crippen molar-refractivity contribution in [1.82, 2.24) is 4.90 Å². The molecule has 1 saturated carbocycles. The first-order valence-electron chi connectivity index (χ1n) is 5.95. The Bertz CT molecular complexity index is 420. The van der Waals surface area contributed by atoms with E-state index in [9.17, 15) is 9.59 Å². The number of allylic oxidation sites excluding steroid dienone is 3. The van der Waals surface area contributed by atoms with Gasteiger partial charge in [0, 0.05) is 11.6 Å². The van der Waals surface area contributed by atoms with Gasteiger partial charge in [0.05, 0.1) is 11.8 Å². The van der Waals surface area contributed by atoms with Crippen molar-refractivity contribution in [2.45, 2.75) is 13.3 Å². The van der Waals surface area contributed by atoms with E-state index in [0.29, 0.717) is 11.6 Å². The van der Waals surface area contributed by atoms with E-state index in [-0.39, 0.29) is 35.5 Å². The molecule has 0 aromatic carbocycles. The fourth-order valence-electron chi connectivity index (χ4n) is 3.36. The Morgan fingerprint density at radius 1 is 1.35 bits per heavy atom. The number of fused-ring (bicyclic) bond motifs is 5. The zero-order valence-electron chi connectivity index (χ0n) is 9.60. The number of amides is 2. The fourth-order valence-corrected chi connectivity index (χ4v) is 3.43. The molecule has 4 heteroatoms. The third-order valence-electron chi connectivity index (χ3n) is 4.12. The number of carbonyl (C=O) groups is 2. The molecule has 1 heterocycles. The van der Waals surface area contributed by atoms with Crippen molar-refractivity contribution in [3.63, 3.8) is 0 Å². The molecule has 0 N–H and O–H groups in total. The average Bonchev–Trinajstić information content (AvgIpc) is 2.92. The SMILES string of the molecule is C/C(Cl)=C/CN1C(=O)[C@@H]2[C@@H](C1=O)[C@H]1C=C[C@@H]2C1. The summed E-state index contributed by atoms with van der Waals surface area (Å²) in [6.07, 6.45) is 6.89. The number of carbonyl (C=O) groups excluding carboxylic acids is 2. The minimum absolute atomic E-state index is 0.00832. The second-order valence-electron chi connectivity index (χ2n) is 5.08. The molecular formula is C13H14ClNO2. The molecular weight excluding hydrogens is 238 g/mol. The van der Waals surface area contributed by atoms with Gasteiger partial charge in [-0.05, 0) is 25.2 Å². The summed E-state index contributed by atoms with van der Waals surface area (Å²) in [6, 6.07) is 0. The molecule has 4 atom stereocenters. The largest absolute Gasteiger partial charge is 0.278 e. The van der Waals surface area contributed by atoms with E-state index in [1.54, 1.807) is 13.0 Å². The predicted octanol–water partition coefficient (Wildman–Crippen LogP) is 1.94. The van der Waals surface area contributed by atoms with Crippen LogP contribution in [0.25, 0.3) is 0 Å². The summed E-state index contributed by atoms with van der Waals surface area (Å²) >= 11 is 5.74. The molecule has 90 valence electrons. The van der Waals surface area contributed by atoms with E-state index >= 15 is 0 Å². The summed E-state index contributed by atoms with van der Waals surface area (Å²) in [5, 5.41) is 0.615. The second-order valence-corrected chi connectivity index (χ2v) is 5.67. The van der Waals surface area contributed by atoms with Gasteiger partial charge < -0.3 is 0 Å². The quantitative estimate of drug-likeness (QED) is 0.556. The molecule has 0 spiro atoms. The molecule has 3 rings (SSSR count). The van der Waals surface area contributed by atoms with Crippen LogP contribution in [-0.2, 0) is 9.59 Å². The minimum Gasteiger partial charge on any atom is -0.278 e. The van der Waals surface area contributed by atoms with Crippen LogP contribution < -0.4 is 0 Å². The van der Waals surface area contributed by atoms with Crippen molar-refractivity contribution in [3.8, 4) is 0 Å². The first kappa shape index (κ1) is 11.0. The summed E-state index contributed by atoms with van der Waals surface area (Å²) in [6.45, 7) is 2.07. The van der Waals surface area contributed by atoms with Gasteiger partial charge in [-0.25, -0.2) is 0 Å². The van der Waals surface area contributed by atoms with Crippen LogP contribution in [0, 0.1) is 23.7 Å². The average molecular weight is 252 g/mol. The molecule has 2 amide bonds. The van der Waals surface area contributed by atoms with Crippen molar-refractivity contribution in [1.29, 1.82) is 0 Å². The van der Waals surface area contributed by atoms with Gasteiger partial charge >= 0.3 is 0 Å². The summed E-state index contributed by atoms with van der Waals surface area (Å²) < 4.78 is 0. The van der Waals surface area contributed by atoms with Crippen molar-refractivity contribution in [3.05, 3.63) is 23.3 Å². The molecule has 0 aromatic rings. The minimum atomic E-state index is -0.0958. The lowest BCUT2D eigenvalue weighted by molar-refractivity contribution is -0.140. The van der Waals surface area contributed by atoms with Gasteiger partial charge in [0.1, 0.15) is 0 Å². The zero-order valence-corrected chi connectivity index (χ0v) is 10.4. The number of nitrogens with zero attached hydrogens (tertiary/aromatic N) is 1. The summed E-state index contributed by atoms with van der Waals surface area (Å²) in [4.78, 5) is 25.8. The number of rotatable bonds is 2. The number of hydrogen-bond acceptors (Lipinski definition) is 2. The second kappa shape index (κ2) is 3.70. The first-order chi connectivity index (χ1) is 8.09. The standard InChI is InChI=1S/C13H14ClNO2/c1-7(14)4-5-15-12(16)10-8-2-3-9(6-8)11(10)13(15)17/h2-4,8-11H,5-6H2,1H3/b7-4-/t8-,9+,10-,11-/m0/s1. The van der Waals surface area contributed by atoms with E-state index in [1.165, 1.54) is 4.90 Å². The van der Waals surface area contributed by atoms with Gasteiger partial charge in [-0.3, -0.25) is 14.5 Å². The molecule has 0 aromatic heterocycles. The maximum Gasteiger partial charge on any atom is 0.234 e. The molecule has 3 nitrogen and oxygen atoms in total. The Hall–Kier alpha value is -1.09. The summed E-state index contributed by atoms with van der Waals surface area (Å²) in [5.74, 6) is 0.361. The highest BCUT2D eigenvalue weighted by Crippen LogP contribution is 2.52. The highest BCUT2D eigenvalue weighted by Gasteiger charge is 2.58. The van der Waals surface area contributed by atoms with Crippen LogP contribution in [-0.4, -0.2) is 23.3 Å². The molecule has 17 heavy (non-hydrogen) atoms. The molecule has 1 saturated heterocycles.